The van der Waals surface area contributed by atoms with Crippen LogP contribution in [0.1, 0.15) is 60.4 Å². The van der Waals surface area contributed by atoms with Crippen molar-refractivity contribution in [3.63, 3.8) is 0 Å². The van der Waals surface area contributed by atoms with E-state index in [2.05, 4.69) is 41.2 Å². The van der Waals surface area contributed by atoms with Crippen molar-refractivity contribution < 1.29 is 18.4 Å². The molecule has 0 radical (unpaired) electrons. The van der Waals surface area contributed by atoms with Gasteiger partial charge in [0.05, 0.1) is 6.04 Å². The third kappa shape index (κ3) is 5.46. The molecule has 1 unspecified atom stereocenters. The molecule has 210 valence electrons. The van der Waals surface area contributed by atoms with Crippen LogP contribution in [0.4, 0.5) is 8.78 Å². The van der Waals surface area contributed by atoms with Crippen LogP contribution in [0.3, 0.4) is 0 Å². The first-order chi connectivity index (χ1) is 20.4. The molecule has 2 amide bonds. The number of halogens is 2. The molecule has 0 saturated heterocycles. The summed E-state index contributed by atoms with van der Waals surface area (Å²) in [6.07, 6.45) is 2.42. The third-order valence-electron chi connectivity index (χ3n) is 7.22. The first-order valence-corrected chi connectivity index (χ1v) is 13.2. The number of carbonyl (C=O) groups is 2. The van der Waals surface area contributed by atoms with Gasteiger partial charge in [-0.15, -0.1) is 10.2 Å². The van der Waals surface area contributed by atoms with E-state index in [1.54, 1.807) is 25.1 Å². The second-order valence-electron chi connectivity index (χ2n) is 9.95. The van der Waals surface area contributed by atoms with Gasteiger partial charge in [-0.3, -0.25) is 9.59 Å². The van der Waals surface area contributed by atoms with Crippen LogP contribution in [0.5, 0.6) is 0 Å². The number of hydrogen-bond donors (Lipinski definition) is 3. The lowest BCUT2D eigenvalue weighted by Crippen LogP contribution is -2.31. The highest BCUT2D eigenvalue weighted by Crippen LogP contribution is 2.35. The number of H-pyrrole nitrogens is 1. The van der Waals surface area contributed by atoms with E-state index >= 15 is 0 Å². The van der Waals surface area contributed by atoms with Crippen molar-refractivity contribution in [2.75, 3.05) is 0 Å². The lowest BCUT2D eigenvalue weighted by molar-refractivity contribution is 0.0937. The summed E-state index contributed by atoms with van der Waals surface area (Å²) in [7, 11) is 0. The highest BCUT2D eigenvalue weighted by atomic mass is 19.1. The summed E-state index contributed by atoms with van der Waals surface area (Å²) in [4.78, 5) is 34.4. The minimum atomic E-state index is -0.686. The predicted octanol–water partition coefficient (Wildman–Crippen LogP) is 3.79. The van der Waals surface area contributed by atoms with Gasteiger partial charge in [0.1, 0.15) is 29.3 Å². The molecule has 3 N–H and O–H groups in total. The maximum atomic E-state index is 14.4. The van der Waals surface area contributed by atoms with Gasteiger partial charge in [0, 0.05) is 18.2 Å². The van der Waals surface area contributed by atoms with E-state index < -0.39 is 23.7 Å². The number of nitrogens with one attached hydrogen (secondary N) is 3. The van der Waals surface area contributed by atoms with E-state index in [0.717, 1.165) is 34.1 Å². The number of aromatic amines is 1. The summed E-state index contributed by atoms with van der Waals surface area (Å²) >= 11 is 0. The van der Waals surface area contributed by atoms with Crippen molar-refractivity contribution in [1.29, 1.82) is 0 Å². The molecule has 2 heterocycles. The van der Waals surface area contributed by atoms with Crippen molar-refractivity contribution in [3.8, 4) is 11.4 Å². The van der Waals surface area contributed by atoms with Crippen LogP contribution in [0, 0.1) is 18.6 Å². The Bertz CT molecular complexity index is 1810. The van der Waals surface area contributed by atoms with Gasteiger partial charge in [0.25, 0.3) is 11.8 Å². The smallest absolute Gasteiger partial charge is 0.270 e. The van der Waals surface area contributed by atoms with Gasteiger partial charge in [-0.05, 0) is 82.6 Å². The van der Waals surface area contributed by atoms with E-state index in [0.29, 0.717) is 29.8 Å². The first-order valence-electron chi connectivity index (χ1n) is 13.2. The van der Waals surface area contributed by atoms with Gasteiger partial charge in [-0.1, -0.05) is 30.3 Å². The predicted molar refractivity (Wildman–Crippen MR) is 147 cm³/mol. The average molecular weight is 567 g/mol. The Morgan fingerprint density at radius 3 is 2.50 bits per heavy atom. The summed E-state index contributed by atoms with van der Waals surface area (Å²) in [6.45, 7) is 1.79. The molecule has 6 rings (SSSR count). The maximum absolute atomic E-state index is 14.4. The topological polar surface area (TPSA) is 138 Å². The number of benzene rings is 3. The number of aromatic nitrogens is 6. The number of hydrogen-bond acceptors (Lipinski definition) is 7. The summed E-state index contributed by atoms with van der Waals surface area (Å²) in [5, 5.41) is 19.9. The molecular formula is C30H24F2N8O2. The fourth-order valence-electron chi connectivity index (χ4n) is 5.08. The highest BCUT2D eigenvalue weighted by Gasteiger charge is 2.27. The summed E-state index contributed by atoms with van der Waals surface area (Å²) in [5.74, 6) is -1.39. The minimum absolute atomic E-state index is 0.00792. The molecule has 3 aromatic carbocycles. The molecule has 1 atom stereocenters. The van der Waals surface area contributed by atoms with Crippen molar-refractivity contribution in [1.82, 2.24) is 41.2 Å². The average Bonchev–Trinajstić information content (AvgIpc) is 3.50. The van der Waals surface area contributed by atoms with Gasteiger partial charge in [0.2, 0.25) is 5.82 Å². The highest BCUT2D eigenvalue weighted by molar-refractivity contribution is 5.97. The minimum Gasteiger partial charge on any atom is -0.347 e. The summed E-state index contributed by atoms with van der Waals surface area (Å²) in [5.41, 5.74) is 5.18. The molecule has 10 nitrogen and oxygen atoms in total. The molecular weight excluding hydrogens is 542 g/mol. The van der Waals surface area contributed by atoms with Gasteiger partial charge < -0.3 is 10.6 Å². The lowest BCUT2D eigenvalue weighted by atomic mass is 9.93. The fourth-order valence-corrected chi connectivity index (χ4v) is 5.08. The Morgan fingerprint density at radius 2 is 1.71 bits per heavy atom. The number of tetrazole rings is 1. The Morgan fingerprint density at radius 1 is 0.905 bits per heavy atom. The van der Waals surface area contributed by atoms with E-state index in [1.165, 1.54) is 24.3 Å². The zero-order valence-electron chi connectivity index (χ0n) is 22.4. The molecule has 0 bridgehead atoms. The lowest BCUT2D eigenvalue weighted by Gasteiger charge is -2.22. The first kappa shape index (κ1) is 26.8. The molecule has 1 aliphatic rings. The molecule has 12 heteroatoms. The quantitative estimate of drug-likeness (QED) is 0.284. The Hall–Kier alpha value is -5.39. The molecule has 0 aliphatic heterocycles. The largest absolute Gasteiger partial charge is 0.347 e. The second-order valence-corrected chi connectivity index (χ2v) is 9.95. The SMILES string of the molecule is Cc1cc(CNC(=O)c2cc(C(=O)NC3c4ccc(-c5nn[nH]n5)cc4CCc4ccc(F)cc43)ncn2)ccc1F. The van der Waals surface area contributed by atoms with Crippen LogP contribution in [-0.2, 0) is 19.4 Å². The summed E-state index contributed by atoms with van der Waals surface area (Å²) in [6, 6.07) is 15.4. The van der Waals surface area contributed by atoms with Crippen LogP contribution in [-0.4, -0.2) is 42.4 Å². The Balaban J connectivity index is 1.26. The van der Waals surface area contributed by atoms with Crippen LogP contribution in [0.15, 0.2) is 67.0 Å². The van der Waals surface area contributed by atoms with Crippen molar-refractivity contribution in [2.24, 2.45) is 0 Å². The zero-order valence-corrected chi connectivity index (χ0v) is 22.4. The van der Waals surface area contributed by atoms with Gasteiger partial charge in [0.15, 0.2) is 0 Å². The Kier molecular flexibility index (Phi) is 7.17. The molecule has 0 fully saturated rings. The second kappa shape index (κ2) is 11.2. The number of rotatable bonds is 6. The normalized spacial score (nSPS) is 13.9. The number of fused-ring (bicyclic) bond motifs is 2. The molecule has 42 heavy (non-hydrogen) atoms. The van der Waals surface area contributed by atoms with Crippen molar-refractivity contribution in [3.05, 3.63) is 123 Å². The monoisotopic (exact) mass is 566 g/mol. The number of carbonyl (C=O) groups excluding carboxylic acids is 2. The molecule has 5 aromatic rings. The molecule has 0 saturated carbocycles. The molecule has 1 aliphatic carbocycles. The van der Waals surface area contributed by atoms with Crippen LogP contribution in [0.25, 0.3) is 11.4 Å². The van der Waals surface area contributed by atoms with Crippen molar-refractivity contribution >= 4 is 11.8 Å². The number of amides is 2. The number of nitrogens with zero attached hydrogens (tertiary/aromatic N) is 5. The van der Waals surface area contributed by atoms with E-state index in [9.17, 15) is 18.4 Å². The Labute approximate surface area is 238 Å². The van der Waals surface area contributed by atoms with E-state index in [1.807, 2.05) is 18.2 Å². The van der Waals surface area contributed by atoms with Crippen LogP contribution in [0.2, 0.25) is 0 Å². The van der Waals surface area contributed by atoms with Crippen LogP contribution >= 0.6 is 0 Å². The maximum Gasteiger partial charge on any atom is 0.270 e. The van der Waals surface area contributed by atoms with Crippen molar-refractivity contribution in [2.45, 2.75) is 32.4 Å². The molecule has 0 spiro atoms. The molecule has 2 aromatic heterocycles. The van der Waals surface area contributed by atoms with E-state index in [-0.39, 0.29) is 23.7 Å². The summed E-state index contributed by atoms with van der Waals surface area (Å²) < 4.78 is 28.0. The third-order valence-corrected chi connectivity index (χ3v) is 7.22. The zero-order chi connectivity index (χ0) is 29.2. The van der Waals surface area contributed by atoms with Gasteiger partial charge >= 0.3 is 0 Å². The van der Waals surface area contributed by atoms with E-state index in [4.69, 9.17) is 0 Å². The van der Waals surface area contributed by atoms with Crippen LogP contribution < -0.4 is 10.6 Å². The number of aryl methyl sites for hydroxylation is 3. The van der Waals surface area contributed by atoms with Gasteiger partial charge in [-0.2, -0.15) is 5.21 Å². The standard InChI is InChI=1S/C30H24F2N8O2/c1-16-10-17(2-9-24(16)32)14-33-29(41)25-13-26(35-15-34-25)30(42)36-27-22-8-6-20(28-37-39-40-38-28)11-19(22)4-3-18-5-7-21(31)12-23(18)27/h2,5-13,15,27H,3-4,14H2,1H3,(H,33,41)(H,36,42)(H,37,38,39,40). The fraction of sp³-hybridized carbons (Fsp3) is 0.167. The van der Waals surface area contributed by atoms with Gasteiger partial charge in [-0.25, -0.2) is 18.7 Å².